The SMILES string of the molecule is COc1cc2c(cc1OC)-c1c(-c3cncc(-c4ccccn4)c3)nc(C)n1CC2. The molecule has 4 heterocycles. The van der Waals surface area contributed by atoms with E-state index < -0.39 is 0 Å². The number of fused-ring (bicyclic) bond motifs is 3. The molecule has 1 aliphatic rings. The molecular formula is C24H22N4O2. The number of nitrogens with zero attached hydrogens (tertiary/aromatic N) is 4. The highest BCUT2D eigenvalue weighted by molar-refractivity contribution is 5.84. The number of methoxy groups -OCH3 is 2. The Kier molecular flexibility index (Phi) is 4.47. The quantitative estimate of drug-likeness (QED) is 0.504. The second-order valence-corrected chi connectivity index (χ2v) is 7.30. The predicted molar refractivity (Wildman–Crippen MR) is 116 cm³/mol. The summed E-state index contributed by atoms with van der Waals surface area (Å²) < 4.78 is 13.4. The molecular weight excluding hydrogens is 376 g/mol. The van der Waals surface area contributed by atoms with E-state index in [9.17, 15) is 0 Å². The van der Waals surface area contributed by atoms with Crippen molar-refractivity contribution >= 4 is 0 Å². The minimum Gasteiger partial charge on any atom is -0.493 e. The van der Waals surface area contributed by atoms with Crippen LogP contribution in [0.25, 0.3) is 33.8 Å². The lowest BCUT2D eigenvalue weighted by Gasteiger charge is -2.22. The van der Waals surface area contributed by atoms with Crippen LogP contribution in [0.15, 0.2) is 55.0 Å². The molecule has 3 aromatic heterocycles. The molecule has 30 heavy (non-hydrogen) atoms. The zero-order valence-corrected chi connectivity index (χ0v) is 17.2. The van der Waals surface area contributed by atoms with Crippen LogP contribution in [-0.4, -0.2) is 33.7 Å². The van der Waals surface area contributed by atoms with Crippen LogP contribution in [0.1, 0.15) is 11.4 Å². The zero-order chi connectivity index (χ0) is 20.7. The van der Waals surface area contributed by atoms with Gasteiger partial charge in [0.1, 0.15) is 5.82 Å². The first-order valence-electron chi connectivity index (χ1n) is 9.89. The number of aromatic nitrogens is 4. The van der Waals surface area contributed by atoms with E-state index in [0.717, 1.165) is 64.1 Å². The van der Waals surface area contributed by atoms with Crippen LogP contribution < -0.4 is 9.47 Å². The van der Waals surface area contributed by atoms with Crippen LogP contribution in [0.5, 0.6) is 11.5 Å². The fourth-order valence-corrected chi connectivity index (χ4v) is 4.14. The highest BCUT2D eigenvalue weighted by atomic mass is 16.5. The second kappa shape index (κ2) is 7.30. The third-order valence-electron chi connectivity index (χ3n) is 5.60. The Morgan fingerprint density at radius 1 is 0.967 bits per heavy atom. The number of hydrogen-bond donors (Lipinski definition) is 0. The van der Waals surface area contributed by atoms with Gasteiger partial charge >= 0.3 is 0 Å². The van der Waals surface area contributed by atoms with Crippen molar-refractivity contribution in [2.75, 3.05) is 14.2 Å². The van der Waals surface area contributed by atoms with Crippen LogP contribution in [0, 0.1) is 6.92 Å². The van der Waals surface area contributed by atoms with Gasteiger partial charge in [0.15, 0.2) is 11.5 Å². The zero-order valence-electron chi connectivity index (χ0n) is 17.2. The smallest absolute Gasteiger partial charge is 0.161 e. The van der Waals surface area contributed by atoms with Gasteiger partial charge < -0.3 is 14.0 Å². The first-order chi connectivity index (χ1) is 14.7. The molecule has 0 spiro atoms. The molecule has 6 heteroatoms. The number of imidazole rings is 1. The van der Waals surface area contributed by atoms with Crippen molar-refractivity contribution in [3.05, 3.63) is 66.4 Å². The number of hydrogen-bond acceptors (Lipinski definition) is 5. The maximum absolute atomic E-state index is 5.57. The predicted octanol–water partition coefficient (Wildman–Crippen LogP) is 4.56. The molecule has 0 atom stereocenters. The summed E-state index contributed by atoms with van der Waals surface area (Å²) >= 11 is 0. The van der Waals surface area contributed by atoms with Crippen LogP contribution in [0.2, 0.25) is 0 Å². The Hall–Kier alpha value is -3.67. The first kappa shape index (κ1) is 18.4. The Labute approximate surface area is 175 Å². The highest BCUT2D eigenvalue weighted by Crippen LogP contribution is 2.43. The number of rotatable bonds is 4. The van der Waals surface area contributed by atoms with Crippen molar-refractivity contribution in [3.8, 4) is 45.3 Å². The normalized spacial score (nSPS) is 12.2. The van der Waals surface area contributed by atoms with E-state index in [1.54, 1.807) is 20.4 Å². The fraction of sp³-hybridized carbons (Fsp3) is 0.208. The summed E-state index contributed by atoms with van der Waals surface area (Å²) in [5, 5.41) is 0. The fourth-order valence-electron chi connectivity index (χ4n) is 4.14. The molecule has 0 amide bonds. The van der Waals surface area contributed by atoms with E-state index in [0.29, 0.717) is 0 Å². The van der Waals surface area contributed by atoms with Crippen LogP contribution >= 0.6 is 0 Å². The molecule has 150 valence electrons. The van der Waals surface area contributed by atoms with Gasteiger partial charge in [0, 0.05) is 41.8 Å². The minimum atomic E-state index is 0.717. The molecule has 1 aromatic carbocycles. The second-order valence-electron chi connectivity index (χ2n) is 7.30. The average Bonchev–Trinajstić information content (AvgIpc) is 3.15. The molecule has 0 unspecified atom stereocenters. The molecule has 0 N–H and O–H groups in total. The lowest BCUT2D eigenvalue weighted by atomic mass is 9.94. The van der Waals surface area contributed by atoms with Crippen molar-refractivity contribution in [1.82, 2.24) is 19.5 Å². The molecule has 0 saturated carbocycles. The number of benzene rings is 1. The van der Waals surface area contributed by atoms with Crippen molar-refractivity contribution in [2.45, 2.75) is 19.9 Å². The van der Waals surface area contributed by atoms with E-state index in [1.165, 1.54) is 5.56 Å². The van der Waals surface area contributed by atoms with Crippen LogP contribution in [-0.2, 0) is 13.0 Å². The summed E-state index contributed by atoms with van der Waals surface area (Å²) in [6.07, 6.45) is 6.42. The van der Waals surface area contributed by atoms with Crippen molar-refractivity contribution in [1.29, 1.82) is 0 Å². The monoisotopic (exact) mass is 398 g/mol. The summed E-state index contributed by atoms with van der Waals surface area (Å²) in [4.78, 5) is 13.9. The third-order valence-corrected chi connectivity index (χ3v) is 5.60. The standard InChI is InChI=1S/C24H22N4O2/c1-15-27-23(18-10-17(13-25-14-18)20-6-4-5-8-26-20)24-19-12-22(30-3)21(29-2)11-16(19)7-9-28(15)24/h4-6,8,10-14H,7,9H2,1-3H3. The van der Waals surface area contributed by atoms with Gasteiger partial charge in [-0.3, -0.25) is 9.97 Å². The number of pyridine rings is 2. The van der Waals surface area contributed by atoms with Gasteiger partial charge in [-0.15, -0.1) is 0 Å². The van der Waals surface area contributed by atoms with E-state index in [2.05, 4.69) is 39.7 Å². The first-order valence-corrected chi connectivity index (χ1v) is 9.89. The largest absolute Gasteiger partial charge is 0.493 e. The average molecular weight is 398 g/mol. The summed E-state index contributed by atoms with van der Waals surface area (Å²) in [5.74, 6) is 2.46. The Morgan fingerprint density at radius 2 is 1.77 bits per heavy atom. The van der Waals surface area contributed by atoms with Gasteiger partial charge in [0.05, 0.1) is 31.3 Å². The Balaban J connectivity index is 1.69. The number of ether oxygens (including phenoxy) is 2. The molecule has 0 aliphatic carbocycles. The van der Waals surface area contributed by atoms with Gasteiger partial charge in [-0.25, -0.2) is 4.98 Å². The molecule has 6 nitrogen and oxygen atoms in total. The summed E-state index contributed by atoms with van der Waals surface area (Å²) in [6.45, 7) is 2.93. The molecule has 5 rings (SSSR count). The van der Waals surface area contributed by atoms with Crippen LogP contribution in [0.4, 0.5) is 0 Å². The molecule has 0 radical (unpaired) electrons. The minimum absolute atomic E-state index is 0.717. The number of aryl methyl sites for hydroxylation is 2. The van der Waals surface area contributed by atoms with Crippen LogP contribution in [0.3, 0.4) is 0 Å². The van der Waals surface area contributed by atoms with Crippen molar-refractivity contribution < 1.29 is 9.47 Å². The lowest BCUT2D eigenvalue weighted by molar-refractivity contribution is 0.354. The molecule has 0 bridgehead atoms. The van der Waals surface area contributed by atoms with Gasteiger partial charge in [-0.05, 0) is 49.2 Å². The maximum atomic E-state index is 5.57. The molecule has 1 aliphatic heterocycles. The van der Waals surface area contributed by atoms with E-state index >= 15 is 0 Å². The van der Waals surface area contributed by atoms with Gasteiger partial charge in [0.25, 0.3) is 0 Å². The Morgan fingerprint density at radius 3 is 2.53 bits per heavy atom. The molecule has 4 aromatic rings. The summed E-state index contributed by atoms with van der Waals surface area (Å²) in [6, 6.07) is 12.1. The maximum Gasteiger partial charge on any atom is 0.161 e. The molecule has 0 saturated heterocycles. The summed E-state index contributed by atoms with van der Waals surface area (Å²) in [7, 11) is 3.33. The van der Waals surface area contributed by atoms with Gasteiger partial charge in [-0.1, -0.05) is 6.07 Å². The van der Waals surface area contributed by atoms with E-state index in [-0.39, 0.29) is 0 Å². The summed E-state index contributed by atoms with van der Waals surface area (Å²) in [5.41, 5.74) is 7.20. The van der Waals surface area contributed by atoms with Gasteiger partial charge in [-0.2, -0.15) is 0 Å². The highest BCUT2D eigenvalue weighted by Gasteiger charge is 2.26. The van der Waals surface area contributed by atoms with Crippen molar-refractivity contribution in [3.63, 3.8) is 0 Å². The lowest BCUT2D eigenvalue weighted by Crippen LogP contribution is -2.12. The van der Waals surface area contributed by atoms with E-state index in [4.69, 9.17) is 14.5 Å². The van der Waals surface area contributed by atoms with Crippen molar-refractivity contribution in [2.24, 2.45) is 0 Å². The Bertz CT molecular complexity index is 1230. The third kappa shape index (κ3) is 2.92. The molecule has 0 fully saturated rings. The topological polar surface area (TPSA) is 62.1 Å². The van der Waals surface area contributed by atoms with E-state index in [1.807, 2.05) is 30.6 Å². The van der Waals surface area contributed by atoms with Gasteiger partial charge in [0.2, 0.25) is 0 Å².